The van der Waals surface area contributed by atoms with Crippen LogP contribution in [0.4, 0.5) is 23.1 Å². The molecule has 2 aromatic rings. The van der Waals surface area contributed by atoms with Gasteiger partial charge in [-0.25, -0.2) is 4.98 Å². The second-order valence-corrected chi connectivity index (χ2v) is 10.6. The Morgan fingerprint density at radius 2 is 1.97 bits per heavy atom. The Morgan fingerprint density at radius 1 is 1.18 bits per heavy atom. The number of carbonyl (C=O) groups is 2. The zero-order valence-corrected chi connectivity index (χ0v) is 22.9. The maximum Gasteiger partial charge on any atom is 0.251 e. The van der Waals surface area contributed by atoms with Crippen LogP contribution >= 0.6 is 0 Å². The number of ether oxygens (including phenoxy) is 1. The van der Waals surface area contributed by atoms with Gasteiger partial charge in [0.05, 0.1) is 19.0 Å². The zero-order valence-electron chi connectivity index (χ0n) is 22.9. The molecule has 38 heavy (non-hydrogen) atoms. The number of likely N-dealkylation sites (tertiary alicyclic amines) is 1. The fourth-order valence-electron chi connectivity index (χ4n) is 5.97. The summed E-state index contributed by atoms with van der Waals surface area (Å²) < 4.78 is 5.62. The van der Waals surface area contributed by atoms with E-state index in [1.807, 2.05) is 13.0 Å². The summed E-state index contributed by atoms with van der Waals surface area (Å²) in [7, 11) is 3.36. The molecule has 1 aromatic heterocycles. The second kappa shape index (κ2) is 11.1. The average Bonchev–Trinajstić information content (AvgIpc) is 3.40. The highest BCUT2D eigenvalue weighted by atomic mass is 16.5. The van der Waals surface area contributed by atoms with Gasteiger partial charge in [0.15, 0.2) is 5.82 Å². The van der Waals surface area contributed by atoms with Crippen LogP contribution in [0, 0.1) is 0 Å². The number of aromatic nitrogens is 2. The molecule has 2 atom stereocenters. The highest BCUT2D eigenvalue weighted by Gasteiger charge is 2.39. The maximum absolute atomic E-state index is 13.0. The van der Waals surface area contributed by atoms with Crippen molar-refractivity contribution in [3.8, 4) is 5.75 Å². The van der Waals surface area contributed by atoms with Crippen LogP contribution < -0.4 is 25.2 Å². The van der Waals surface area contributed by atoms with Gasteiger partial charge in [-0.3, -0.25) is 9.59 Å². The van der Waals surface area contributed by atoms with Gasteiger partial charge in [0.1, 0.15) is 17.5 Å². The fourth-order valence-corrected chi connectivity index (χ4v) is 5.97. The normalized spacial score (nSPS) is 22.4. The largest absolute Gasteiger partial charge is 0.495 e. The summed E-state index contributed by atoms with van der Waals surface area (Å²) in [5, 5.41) is 6.42. The van der Waals surface area contributed by atoms with Crippen molar-refractivity contribution in [2.45, 2.75) is 70.5 Å². The van der Waals surface area contributed by atoms with Gasteiger partial charge in [-0.2, -0.15) is 4.98 Å². The predicted molar refractivity (Wildman–Crippen MR) is 149 cm³/mol. The monoisotopic (exact) mass is 521 g/mol. The van der Waals surface area contributed by atoms with Gasteiger partial charge in [-0.1, -0.05) is 26.2 Å². The Hall–Kier alpha value is -3.40. The first-order valence-corrected chi connectivity index (χ1v) is 13.8. The van der Waals surface area contributed by atoms with E-state index < -0.39 is 0 Å². The molecule has 10 heteroatoms. The van der Waals surface area contributed by atoms with Crippen LogP contribution in [0.3, 0.4) is 0 Å². The molecule has 2 fully saturated rings. The number of anilines is 4. The first-order valence-electron chi connectivity index (χ1n) is 13.8. The quantitative estimate of drug-likeness (QED) is 0.570. The minimum atomic E-state index is -0.282. The molecule has 0 radical (unpaired) electrons. The molecule has 1 saturated heterocycles. The minimum absolute atomic E-state index is 0.0583. The SMILES string of the molecule is CCN1CCC(NC(=O)c2ccc(Nc3ncc4c(n3)N(C3CCCCC3)[C@H](C)C(=O)N4C)c(OC)c2)C1. The lowest BCUT2D eigenvalue weighted by molar-refractivity contribution is -0.119. The van der Waals surface area contributed by atoms with E-state index in [0.717, 1.165) is 63.2 Å². The second-order valence-electron chi connectivity index (χ2n) is 10.6. The average molecular weight is 522 g/mol. The number of hydrogen-bond acceptors (Lipinski definition) is 8. The van der Waals surface area contributed by atoms with Crippen molar-refractivity contribution in [1.29, 1.82) is 0 Å². The molecule has 2 amide bonds. The summed E-state index contributed by atoms with van der Waals surface area (Å²) >= 11 is 0. The van der Waals surface area contributed by atoms with E-state index in [9.17, 15) is 9.59 Å². The van der Waals surface area contributed by atoms with Crippen LogP contribution in [-0.2, 0) is 4.79 Å². The third-order valence-corrected chi connectivity index (χ3v) is 8.19. The number of carbonyl (C=O) groups excluding carboxylic acids is 2. The number of fused-ring (bicyclic) bond motifs is 1. The molecule has 3 aliphatic rings. The number of nitrogens with one attached hydrogen (secondary N) is 2. The van der Waals surface area contributed by atoms with Crippen molar-refractivity contribution in [2.24, 2.45) is 0 Å². The van der Waals surface area contributed by atoms with Crippen molar-refractivity contribution < 1.29 is 14.3 Å². The minimum Gasteiger partial charge on any atom is -0.495 e. The molecule has 0 bridgehead atoms. The molecular formula is C28H39N7O3. The van der Waals surface area contributed by atoms with Crippen molar-refractivity contribution in [2.75, 3.05) is 48.9 Å². The van der Waals surface area contributed by atoms with E-state index in [4.69, 9.17) is 9.72 Å². The van der Waals surface area contributed by atoms with Crippen molar-refractivity contribution in [3.05, 3.63) is 30.0 Å². The van der Waals surface area contributed by atoms with Crippen LogP contribution in [-0.4, -0.2) is 78.6 Å². The van der Waals surface area contributed by atoms with Crippen LogP contribution in [0.2, 0.25) is 0 Å². The van der Waals surface area contributed by atoms with Gasteiger partial charge in [0.25, 0.3) is 5.91 Å². The van der Waals surface area contributed by atoms with Gasteiger partial charge in [-0.05, 0) is 50.9 Å². The molecule has 10 nitrogen and oxygen atoms in total. The predicted octanol–water partition coefficient (Wildman–Crippen LogP) is 3.56. The molecule has 5 rings (SSSR count). The Balaban J connectivity index is 1.37. The van der Waals surface area contributed by atoms with E-state index in [0.29, 0.717) is 22.9 Å². The Labute approximate surface area is 224 Å². The summed E-state index contributed by atoms with van der Waals surface area (Å²) in [6, 6.07) is 5.51. The lowest BCUT2D eigenvalue weighted by Crippen LogP contribution is -2.55. The van der Waals surface area contributed by atoms with Crippen LogP contribution in [0.1, 0.15) is 62.7 Å². The number of benzene rings is 1. The molecular weight excluding hydrogens is 482 g/mol. The number of likely N-dealkylation sites (N-methyl/N-ethyl adjacent to an activating group) is 2. The van der Waals surface area contributed by atoms with Gasteiger partial charge in [0.2, 0.25) is 11.9 Å². The Morgan fingerprint density at radius 3 is 2.68 bits per heavy atom. The van der Waals surface area contributed by atoms with E-state index in [-0.39, 0.29) is 29.9 Å². The lowest BCUT2D eigenvalue weighted by Gasteiger charge is -2.44. The number of hydrogen-bond donors (Lipinski definition) is 2. The summed E-state index contributed by atoms with van der Waals surface area (Å²) in [5.41, 5.74) is 1.93. The van der Waals surface area contributed by atoms with Crippen LogP contribution in [0.5, 0.6) is 5.75 Å². The Bertz CT molecular complexity index is 1180. The first-order chi connectivity index (χ1) is 18.4. The molecule has 1 aliphatic carbocycles. The molecule has 1 aromatic carbocycles. The smallest absolute Gasteiger partial charge is 0.251 e. The summed E-state index contributed by atoms with van der Waals surface area (Å²) in [6.45, 7) is 6.99. The number of methoxy groups -OCH3 is 1. The fraction of sp³-hybridized carbons (Fsp3) is 0.571. The van der Waals surface area contributed by atoms with E-state index in [1.54, 1.807) is 37.4 Å². The van der Waals surface area contributed by atoms with Crippen molar-refractivity contribution in [3.63, 3.8) is 0 Å². The molecule has 2 N–H and O–H groups in total. The van der Waals surface area contributed by atoms with E-state index in [2.05, 4.69) is 32.3 Å². The Kier molecular flexibility index (Phi) is 7.69. The highest BCUT2D eigenvalue weighted by molar-refractivity contribution is 6.04. The van der Waals surface area contributed by atoms with Gasteiger partial charge in [0, 0.05) is 37.8 Å². The third-order valence-electron chi connectivity index (χ3n) is 8.19. The molecule has 1 unspecified atom stereocenters. The van der Waals surface area contributed by atoms with Crippen LogP contribution in [0.25, 0.3) is 0 Å². The summed E-state index contributed by atoms with van der Waals surface area (Å²) in [4.78, 5) is 41.5. The first kappa shape index (κ1) is 26.2. The van der Waals surface area contributed by atoms with Gasteiger partial charge in [-0.15, -0.1) is 0 Å². The molecule has 2 aliphatic heterocycles. The molecule has 3 heterocycles. The summed E-state index contributed by atoms with van der Waals surface area (Å²) in [5.74, 6) is 1.68. The molecule has 204 valence electrons. The van der Waals surface area contributed by atoms with Crippen molar-refractivity contribution >= 4 is 35.0 Å². The summed E-state index contributed by atoms with van der Waals surface area (Å²) in [6.07, 6.45) is 8.35. The standard InChI is InChI=1S/C28H39N7O3/c1-5-34-14-13-20(17-34)30-26(36)19-11-12-22(24(15-19)38-4)31-28-29-16-23-25(32-28)35(18(2)27(37)33(23)3)21-9-7-6-8-10-21/h11-12,15-16,18,20-21H,5-10,13-14,17H2,1-4H3,(H,30,36)(H,29,31,32)/t18-,20?/m1/s1. The number of amides is 2. The molecule has 1 saturated carbocycles. The highest BCUT2D eigenvalue weighted by Crippen LogP contribution is 2.39. The van der Waals surface area contributed by atoms with Crippen LogP contribution in [0.15, 0.2) is 24.4 Å². The maximum atomic E-state index is 13.0. The zero-order chi connectivity index (χ0) is 26.8. The van der Waals surface area contributed by atoms with Crippen molar-refractivity contribution in [1.82, 2.24) is 20.2 Å². The van der Waals surface area contributed by atoms with Gasteiger partial charge >= 0.3 is 0 Å². The topological polar surface area (TPSA) is 103 Å². The van der Waals surface area contributed by atoms with Gasteiger partial charge < -0.3 is 30.1 Å². The third kappa shape index (κ3) is 5.14. The number of nitrogens with zero attached hydrogens (tertiary/aromatic N) is 5. The number of rotatable bonds is 7. The van der Waals surface area contributed by atoms with E-state index in [1.165, 1.54) is 6.42 Å². The lowest BCUT2D eigenvalue weighted by atomic mass is 9.92. The molecule has 0 spiro atoms. The van der Waals surface area contributed by atoms with E-state index >= 15 is 0 Å².